The molecule has 3 rings (SSSR count). The van der Waals surface area contributed by atoms with E-state index in [0.29, 0.717) is 5.06 Å². The van der Waals surface area contributed by atoms with E-state index < -0.39 is 23.6 Å². The third kappa shape index (κ3) is 5.05. The number of amides is 1. The van der Waals surface area contributed by atoms with E-state index >= 15 is 0 Å². The minimum atomic E-state index is -4.66. The number of fused-ring (bicyclic) bond motifs is 1. The van der Waals surface area contributed by atoms with Gasteiger partial charge in [0.15, 0.2) is 11.0 Å². The first kappa shape index (κ1) is 23.6. The van der Waals surface area contributed by atoms with Gasteiger partial charge in [-0.05, 0) is 37.4 Å². The van der Waals surface area contributed by atoms with Gasteiger partial charge in [0.25, 0.3) is 5.91 Å². The maximum atomic E-state index is 13.7. The summed E-state index contributed by atoms with van der Waals surface area (Å²) >= 11 is 1.37. The van der Waals surface area contributed by atoms with Gasteiger partial charge in [0.1, 0.15) is 11.4 Å². The van der Waals surface area contributed by atoms with Crippen molar-refractivity contribution in [1.82, 2.24) is 14.8 Å². The number of halogens is 3. The molecule has 0 radical (unpaired) electrons. The van der Waals surface area contributed by atoms with E-state index in [-0.39, 0.29) is 22.3 Å². The lowest BCUT2D eigenvalue weighted by atomic mass is 10.1. The van der Waals surface area contributed by atoms with Crippen LogP contribution in [0, 0.1) is 5.41 Å². The summed E-state index contributed by atoms with van der Waals surface area (Å²) in [5.74, 6) is -1.24. The lowest BCUT2D eigenvalue weighted by Gasteiger charge is -2.16. The maximum absolute atomic E-state index is 13.7. The molecule has 172 valence electrons. The fraction of sp³-hybridized carbons (Fsp3) is 0.333. The number of hydrogen-bond acceptors (Lipinski definition) is 5. The molecule has 32 heavy (non-hydrogen) atoms. The van der Waals surface area contributed by atoms with Gasteiger partial charge in [-0.3, -0.25) is 20.0 Å². The molecule has 3 aromatic rings. The molecule has 2 aromatic heterocycles. The van der Waals surface area contributed by atoms with Crippen LogP contribution in [-0.2, 0) is 12.7 Å². The average Bonchev–Trinajstić information content (AvgIpc) is 3.36. The Morgan fingerprint density at radius 1 is 1.22 bits per heavy atom. The van der Waals surface area contributed by atoms with Crippen LogP contribution in [0.4, 0.5) is 13.2 Å². The van der Waals surface area contributed by atoms with Crippen molar-refractivity contribution in [3.63, 3.8) is 0 Å². The second kappa shape index (κ2) is 9.21. The number of H-pyrrole nitrogens is 1. The smallest absolute Gasteiger partial charge is 0.417 e. The molecule has 2 heterocycles. The van der Waals surface area contributed by atoms with Crippen LogP contribution in [0.25, 0.3) is 10.9 Å². The summed E-state index contributed by atoms with van der Waals surface area (Å²) in [6.45, 7) is 6.64. The number of benzene rings is 1. The van der Waals surface area contributed by atoms with Gasteiger partial charge in [-0.15, -0.1) is 11.3 Å². The number of guanidine groups is 1. The second-order valence-corrected chi connectivity index (χ2v) is 8.28. The summed E-state index contributed by atoms with van der Waals surface area (Å²) in [5.41, 5.74) is 4.35. The molecule has 0 aliphatic heterocycles. The normalized spacial score (nSPS) is 11.8. The summed E-state index contributed by atoms with van der Waals surface area (Å²) in [6, 6.07) is 7.07. The number of nitrogens with one attached hydrogen (secondary N) is 2. The van der Waals surface area contributed by atoms with Crippen LogP contribution < -0.4 is 10.5 Å². The predicted octanol–water partition coefficient (Wildman–Crippen LogP) is 4.85. The topological polar surface area (TPSA) is 98.4 Å². The summed E-state index contributed by atoms with van der Waals surface area (Å²) in [5, 5.41) is 7.65. The van der Waals surface area contributed by atoms with Gasteiger partial charge in [-0.1, -0.05) is 13.8 Å². The van der Waals surface area contributed by atoms with Crippen molar-refractivity contribution in [2.75, 3.05) is 20.1 Å². The fourth-order valence-corrected chi connectivity index (χ4v) is 4.11. The van der Waals surface area contributed by atoms with Crippen LogP contribution in [0.1, 0.15) is 34.8 Å². The average molecular weight is 468 g/mol. The van der Waals surface area contributed by atoms with Crippen LogP contribution in [0.15, 0.2) is 30.3 Å². The molecule has 0 atom stereocenters. The molecule has 0 saturated carbocycles. The maximum Gasteiger partial charge on any atom is 0.417 e. The summed E-state index contributed by atoms with van der Waals surface area (Å²) in [7, 11) is 1.27. The number of carbonyl (C=O) groups is 1. The fourth-order valence-electron chi connectivity index (χ4n) is 3.19. The Labute approximate surface area is 187 Å². The lowest BCUT2D eigenvalue weighted by molar-refractivity contribution is -0.136. The number of aromatic amines is 1. The van der Waals surface area contributed by atoms with Crippen molar-refractivity contribution in [2.24, 2.45) is 5.73 Å². The Hall–Kier alpha value is -3.05. The van der Waals surface area contributed by atoms with E-state index in [9.17, 15) is 18.0 Å². The first-order valence-corrected chi connectivity index (χ1v) is 10.7. The van der Waals surface area contributed by atoms with Gasteiger partial charge in [0.05, 0.1) is 11.1 Å². The minimum Gasteiger partial charge on any atom is -0.447 e. The Morgan fingerprint density at radius 3 is 2.50 bits per heavy atom. The molecule has 7 nitrogen and oxygen atoms in total. The third-order valence-electron chi connectivity index (χ3n) is 5.04. The Bertz CT molecular complexity index is 1130. The lowest BCUT2D eigenvalue weighted by Crippen LogP contribution is -2.38. The zero-order valence-electron chi connectivity index (χ0n) is 17.8. The number of nitrogens with zero attached hydrogens (tertiary/aromatic N) is 2. The highest BCUT2D eigenvalue weighted by atomic mass is 32.1. The van der Waals surface area contributed by atoms with Crippen molar-refractivity contribution in [3.8, 4) is 10.8 Å². The molecular weight excluding hydrogens is 443 g/mol. The van der Waals surface area contributed by atoms with Crippen LogP contribution in [0.5, 0.6) is 10.8 Å². The van der Waals surface area contributed by atoms with Crippen molar-refractivity contribution >= 4 is 34.1 Å². The van der Waals surface area contributed by atoms with E-state index in [1.165, 1.54) is 24.5 Å². The number of rotatable bonds is 7. The van der Waals surface area contributed by atoms with Gasteiger partial charge < -0.3 is 15.5 Å². The molecule has 1 amide bonds. The van der Waals surface area contributed by atoms with Gasteiger partial charge in [0.2, 0.25) is 0 Å². The highest BCUT2D eigenvalue weighted by Crippen LogP contribution is 2.40. The molecule has 0 saturated heterocycles. The molecule has 4 N–H and O–H groups in total. The number of ether oxygens (including phenoxy) is 1. The van der Waals surface area contributed by atoms with Gasteiger partial charge in [-0.25, -0.2) is 0 Å². The van der Waals surface area contributed by atoms with Gasteiger partial charge in [0, 0.05) is 29.9 Å². The minimum absolute atomic E-state index is 0.00170. The zero-order valence-corrected chi connectivity index (χ0v) is 18.7. The van der Waals surface area contributed by atoms with E-state index in [0.717, 1.165) is 41.5 Å². The van der Waals surface area contributed by atoms with E-state index in [4.69, 9.17) is 15.9 Å². The molecule has 0 aliphatic carbocycles. The molecule has 0 aliphatic rings. The van der Waals surface area contributed by atoms with Crippen molar-refractivity contribution in [1.29, 1.82) is 5.41 Å². The second-order valence-electron chi connectivity index (χ2n) is 7.15. The summed E-state index contributed by atoms with van der Waals surface area (Å²) in [6.07, 6.45) is -4.66. The highest BCUT2D eigenvalue weighted by molar-refractivity contribution is 7.13. The molecule has 0 fully saturated rings. The Morgan fingerprint density at radius 2 is 1.91 bits per heavy atom. The predicted molar refractivity (Wildman–Crippen MR) is 118 cm³/mol. The van der Waals surface area contributed by atoms with Crippen LogP contribution in [0.2, 0.25) is 0 Å². The molecule has 0 bridgehead atoms. The van der Waals surface area contributed by atoms with Crippen molar-refractivity contribution in [2.45, 2.75) is 26.6 Å². The highest BCUT2D eigenvalue weighted by Gasteiger charge is 2.34. The van der Waals surface area contributed by atoms with E-state index in [1.807, 2.05) is 6.07 Å². The van der Waals surface area contributed by atoms with Crippen molar-refractivity contribution < 1.29 is 22.7 Å². The molecule has 1 aromatic carbocycles. The quantitative estimate of drug-likeness (QED) is 0.342. The van der Waals surface area contributed by atoms with Crippen LogP contribution in [-0.4, -0.2) is 46.8 Å². The first-order valence-electron chi connectivity index (χ1n) is 9.88. The largest absolute Gasteiger partial charge is 0.447 e. The van der Waals surface area contributed by atoms with Crippen molar-refractivity contribution in [3.05, 3.63) is 46.5 Å². The van der Waals surface area contributed by atoms with E-state index in [2.05, 4.69) is 23.7 Å². The monoisotopic (exact) mass is 467 g/mol. The number of aromatic nitrogens is 1. The summed E-state index contributed by atoms with van der Waals surface area (Å²) < 4.78 is 47.0. The number of nitrogens with two attached hydrogens (primary N) is 1. The number of thiophene rings is 1. The third-order valence-corrected chi connectivity index (χ3v) is 5.99. The Kier molecular flexibility index (Phi) is 6.79. The van der Waals surface area contributed by atoms with E-state index in [1.54, 1.807) is 6.07 Å². The zero-order chi connectivity index (χ0) is 23.6. The number of alkyl halides is 3. The summed E-state index contributed by atoms with van der Waals surface area (Å²) in [4.78, 5) is 19.2. The molecule has 11 heteroatoms. The van der Waals surface area contributed by atoms with Crippen LogP contribution >= 0.6 is 11.3 Å². The van der Waals surface area contributed by atoms with Crippen LogP contribution in [0.3, 0.4) is 0 Å². The molecule has 0 unspecified atom stereocenters. The number of carbonyl (C=O) groups excluding carboxylic acids is 1. The van der Waals surface area contributed by atoms with Gasteiger partial charge in [-0.2, -0.15) is 13.2 Å². The number of hydrogen-bond donors (Lipinski definition) is 3. The molecule has 0 spiro atoms. The molecular formula is C21H24F3N5O2S. The first-order chi connectivity index (χ1) is 15.0. The van der Waals surface area contributed by atoms with Gasteiger partial charge >= 0.3 is 6.18 Å². The SMILES string of the molecule is CCN(CC)Cc1ccc(Oc2cc(C(F)(F)F)c3cc(C(=O)N(C)C(=N)N)[nH]c3c2)s1. The Balaban J connectivity index is 1.96. The standard InChI is InChI=1S/C21H24F3N5O2S/c1-4-29(5-2)11-13-6-7-18(32-13)31-12-8-15(21(22,23)24)14-10-17(27-16(14)9-12)19(30)28(3)20(25)26/h6-10,27H,4-5,11H2,1-3H3,(H3,25,26).